The molecule has 1 atom stereocenters. The fourth-order valence-corrected chi connectivity index (χ4v) is 4.97. The summed E-state index contributed by atoms with van der Waals surface area (Å²) in [4.78, 5) is 7.73. The van der Waals surface area contributed by atoms with Crippen molar-refractivity contribution in [3.63, 3.8) is 0 Å². The molecule has 266 valence electrons. The molecule has 0 saturated heterocycles. The number of unbranched alkanes of at least 4 members (excludes halogenated alkanes) is 2. The van der Waals surface area contributed by atoms with Gasteiger partial charge in [-0.2, -0.15) is 5.26 Å². The number of aryl methyl sites for hydroxylation is 1. The summed E-state index contributed by atoms with van der Waals surface area (Å²) in [5.74, 6) is -0.216. The third-order valence-electron chi connectivity index (χ3n) is 7.60. The smallest absolute Gasteiger partial charge is 0.157 e. The van der Waals surface area contributed by atoms with Crippen molar-refractivity contribution < 1.29 is 9.13 Å². The van der Waals surface area contributed by atoms with Crippen LogP contribution in [0.15, 0.2) is 82.3 Å². The summed E-state index contributed by atoms with van der Waals surface area (Å²) in [5, 5.41) is 10.6. The molecule has 0 spiro atoms. The van der Waals surface area contributed by atoms with Crippen molar-refractivity contribution in [1.29, 1.82) is 5.26 Å². The highest BCUT2D eigenvalue weighted by molar-refractivity contribution is 6.31. The Morgan fingerprint density at radius 1 is 1.02 bits per heavy atom. The largest absolute Gasteiger partial charge is 0.381 e. The van der Waals surface area contributed by atoms with Crippen LogP contribution in [-0.2, 0) is 11.2 Å². The van der Waals surface area contributed by atoms with Gasteiger partial charge in [0.05, 0.1) is 17.4 Å². The quantitative estimate of drug-likeness (QED) is 0.0782. The zero-order valence-corrected chi connectivity index (χ0v) is 32.4. The molecule has 1 aromatic carbocycles. The van der Waals surface area contributed by atoms with Gasteiger partial charge in [0.1, 0.15) is 0 Å². The first kappa shape index (κ1) is 44.8. The van der Waals surface area contributed by atoms with Gasteiger partial charge in [0.15, 0.2) is 5.83 Å². The fourth-order valence-electron chi connectivity index (χ4n) is 4.80. The number of aliphatic imine (C=N–C) groups is 1. The molecule has 6 heteroatoms. The van der Waals surface area contributed by atoms with Crippen molar-refractivity contribution in [3.05, 3.63) is 93.6 Å². The minimum Gasteiger partial charge on any atom is -0.381 e. The first-order chi connectivity index (χ1) is 22.9. The summed E-state index contributed by atoms with van der Waals surface area (Å²) in [7, 11) is 0. The highest BCUT2D eigenvalue weighted by Gasteiger charge is 2.19. The summed E-state index contributed by atoms with van der Waals surface area (Å²) in [6.07, 6.45) is 18.6. The van der Waals surface area contributed by atoms with E-state index in [4.69, 9.17) is 21.6 Å². The second kappa shape index (κ2) is 26.7. The molecule has 0 saturated carbocycles. The lowest BCUT2D eigenvalue weighted by molar-refractivity contribution is 0.135. The average Bonchev–Trinajstić information content (AvgIpc) is 3.44. The molecule has 1 N–H and O–H groups in total. The van der Waals surface area contributed by atoms with E-state index in [1.165, 1.54) is 53.1 Å². The number of nitrogens with zero attached hydrogens (tertiary/aromatic N) is 2. The van der Waals surface area contributed by atoms with Crippen LogP contribution in [0.1, 0.15) is 138 Å². The molecule has 0 fully saturated rings. The van der Waals surface area contributed by atoms with Crippen molar-refractivity contribution in [1.82, 2.24) is 4.98 Å². The third kappa shape index (κ3) is 17.3. The van der Waals surface area contributed by atoms with Gasteiger partial charge in [0.2, 0.25) is 0 Å². The molecule has 0 amide bonds. The SMILES string of the molecule is C=C(/C=C\C(=C/CCC)[C@H](C)c1[nH]c2ccc(Cl)cc2c1CCCC)CC.CC/C=C(C)/N=C(C)/C(F)=C(\C)C#N.CCCOCCC. The minimum absolute atomic E-state index is 0.0653. The van der Waals surface area contributed by atoms with Gasteiger partial charge < -0.3 is 9.72 Å². The van der Waals surface area contributed by atoms with Crippen LogP contribution in [0.25, 0.3) is 10.9 Å². The van der Waals surface area contributed by atoms with E-state index in [1.807, 2.05) is 26.0 Å². The van der Waals surface area contributed by atoms with Crippen molar-refractivity contribution >= 4 is 28.2 Å². The highest BCUT2D eigenvalue weighted by Crippen LogP contribution is 2.35. The number of halogens is 2. The van der Waals surface area contributed by atoms with Crippen LogP contribution in [0.4, 0.5) is 4.39 Å². The number of aromatic amines is 1. The first-order valence-corrected chi connectivity index (χ1v) is 18.3. The van der Waals surface area contributed by atoms with Gasteiger partial charge in [0, 0.05) is 46.4 Å². The van der Waals surface area contributed by atoms with E-state index in [0.717, 1.165) is 68.9 Å². The minimum atomic E-state index is -0.531. The van der Waals surface area contributed by atoms with Gasteiger partial charge in [-0.1, -0.05) is 109 Å². The number of benzene rings is 1. The molecule has 2 rings (SSSR count). The summed E-state index contributed by atoms with van der Waals surface area (Å²) in [6, 6.07) is 7.94. The number of hydrogen-bond donors (Lipinski definition) is 1. The maximum atomic E-state index is 13.3. The number of rotatable bonds is 17. The molecule has 0 aliphatic heterocycles. The number of H-pyrrole nitrogens is 1. The fraction of sp³-hybridized carbons (Fsp3) is 0.524. The average molecular weight is 680 g/mol. The van der Waals surface area contributed by atoms with Crippen LogP contribution < -0.4 is 0 Å². The number of allylic oxidation sites excluding steroid dienone is 9. The topological polar surface area (TPSA) is 61.2 Å². The number of ether oxygens (including phenoxy) is 1. The van der Waals surface area contributed by atoms with Crippen LogP contribution in [0.3, 0.4) is 0 Å². The van der Waals surface area contributed by atoms with Crippen LogP contribution >= 0.6 is 11.6 Å². The van der Waals surface area contributed by atoms with Crippen molar-refractivity contribution in [2.24, 2.45) is 4.99 Å². The van der Waals surface area contributed by atoms with Crippen molar-refractivity contribution in [2.75, 3.05) is 13.2 Å². The van der Waals surface area contributed by atoms with Crippen molar-refractivity contribution in [3.8, 4) is 6.07 Å². The molecule has 48 heavy (non-hydrogen) atoms. The molecule has 4 nitrogen and oxygen atoms in total. The predicted molar refractivity (Wildman–Crippen MR) is 210 cm³/mol. The Bertz CT molecular complexity index is 1430. The number of hydrogen-bond acceptors (Lipinski definition) is 3. The summed E-state index contributed by atoms with van der Waals surface area (Å²) in [6.45, 7) is 25.9. The third-order valence-corrected chi connectivity index (χ3v) is 7.84. The lowest BCUT2D eigenvalue weighted by atomic mass is 9.90. The number of aromatic nitrogens is 1. The Kier molecular flexibility index (Phi) is 24.9. The Morgan fingerprint density at radius 3 is 2.23 bits per heavy atom. The van der Waals surface area contributed by atoms with E-state index in [1.54, 1.807) is 13.0 Å². The molecular formula is C42H63ClFN3O. The maximum Gasteiger partial charge on any atom is 0.157 e. The zero-order valence-electron chi connectivity index (χ0n) is 31.7. The Hall–Kier alpha value is -3.20. The van der Waals surface area contributed by atoms with Crippen LogP contribution in [0, 0.1) is 11.3 Å². The second-order valence-electron chi connectivity index (χ2n) is 12.0. The van der Waals surface area contributed by atoms with Gasteiger partial charge in [-0.15, -0.1) is 0 Å². The van der Waals surface area contributed by atoms with E-state index < -0.39 is 5.83 Å². The van der Waals surface area contributed by atoms with E-state index in [2.05, 4.69) is 88.5 Å². The number of fused-ring (bicyclic) bond motifs is 1. The number of nitrogens with one attached hydrogen (secondary N) is 1. The van der Waals surface area contributed by atoms with E-state index in [9.17, 15) is 4.39 Å². The van der Waals surface area contributed by atoms with E-state index >= 15 is 0 Å². The van der Waals surface area contributed by atoms with Gasteiger partial charge >= 0.3 is 0 Å². The van der Waals surface area contributed by atoms with E-state index in [-0.39, 0.29) is 11.3 Å². The molecule has 0 radical (unpaired) electrons. The molecule has 0 aliphatic rings. The van der Waals surface area contributed by atoms with E-state index in [0.29, 0.717) is 5.92 Å². The Morgan fingerprint density at radius 2 is 1.69 bits per heavy atom. The molecular weight excluding hydrogens is 617 g/mol. The standard InChI is InChI=1S/C25H34ClN.C11H15FN2.C6H14O/c1-6-9-11-20(14-13-18(4)8-3)19(5)25-22(12-10-7-2)23-17-21(26)15-16-24(23)27-25;1-5-6-9(3)14-10(4)11(12)8(2)7-13;1-3-5-7-6-4-2/h11,13-17,19,27H,4,6-10,12H2,1-3,5H3;6H,5H2,1-4H3;3-6H2,1-2H3/b14-13-,20-11+;9-6+,11-8-,14-10+;/t19-;;/m0../s1. The van der Waals surface area contributed by atoms with Gasteiger partial charge in [-0.3, -0.25) is 4.99 Å². The predicted octanol–water partition coefficient (Wildman–Crippen LogP) is 13.9. The lowest BCUT2D eigenvalue weighted by Crippen LogP contribution is -2.01. The summed E-state index contributed by atoms with van der Waals surface area (Å²) in [5.41, 5.74) is 7.56. The van der Waals surface area contributed by atoms with Gasteiger partial charge in [0.25, 0.3) is 0 Å². The molecule has 1 aromatic heterocycles. The molecule has 0 unspecified atom stereocenters. The Balaban J connectivity index is 0.000000875. The molecule has 2 aromatic rings. The number of nitriles is 1. The first-order valence-electron chi connectivity index (χ1n) is 17.9. The lowest BCUT2D eigenvalue weighted by Gasteiger charge is -2.15. The van der Waals surface area contributed by atoms with Gasteiger partial charge in [-0.25, -0.2) is 4.39 Å². The normalized spacial score (nSPS) is 13.4. The zero-order chi connectivity index (χ0) is 36.5. The van der Waals surface area contributed by atoms with Crippen LogP contribution in [0.5, 0.6) is 0 Å². The monoisotopic (exact) mass is 679 g/mol. The molecule has 1 heterocycles. The molecule has 0 bridgehead atoms. The van der Waals surface area contributed by atoms with Crippen LogP contribution in [-0.4, -0.2) is 23.9 Å². The highest BCUT2D eigenvalue weighted by atomic mass is 35.5. The summed E-state index contributed by atoms with van der Waals surface area (Å²) >= 11 is 6.30. The summed E-state index contributed by atoms with van der Waals surface area (Å²) < 4.78 is 18.4. The molecule has 0 aliphatic carbocycles. The maximum absolute atomic E-state index is 13.3. The van der Waals surface area contributed by atoms with Gasteiger partial charge in [-0.05, 0) is 95.1 Å². The van der Waals surface area contributed by atoms with Crippen LogP contribution in [0.2, 0.25) is 5.02 Å². The van der Waals surface area contributed by atoms with Crippen molar-refractivity contribution in [2.45, 2.75) is 133 Å². The Labute approximate surface area is 297 Å². The second-order valence-corrected chi connectivity index (χ2v) is 12.4.